The highest BCUT2D eigenvalue weighted by Gasteiger charge is 2.11. The minimum Gasteiger partial charge on any atom is -0.462 e. The Morgan fingerprint density at radius 1 is 1.71 bits per heavy atom. The molecular formula is C9H11BrN2O2. The summed E-state index contributed by atoms with van der Waals surface area (Å²) in [6, 6.07) is 1.64. The summed E-state index contributed by atoms with van der Waals surface area (Å²) >= 11 is 3.24. The van der Waals surface area contributed by atoms with Crippen molar-refractivity contribution in [2.45, 2.75) is 6.92 Å². The van der Waals surface area contributed by atoms with E-state index >= 15 is 0 Å². The normalized spacial score (nSPS) is 9.64. The van der Waals surface area contributed by atoms with Crippen molar-refractivity contribution in [3.8, 4) is 0 Å². The predicted octanol–water partition coefficient (Wildman–Crippen LogP) is 2.06. The van der Waals surface area contributed by atoms with Crippen molar-refractivity contribution in [1.82, 2.24) is 4.98 Å². The highest BCUT2D eigenvalue weighted by atomic mass is 79.9. The van der Waals surface area contributed by atoms with Gasteiger partial charge < -0.3 is 10.1 Å². The van der Waals surface area contributed by atoms with E-state index in [1.807, 2.05) is 0 Å². The molecule has 1 N–H and O–H groups in total. The molecule has 0 atom stereocenters. The number of halogens is 1. The molecule has 0 aliphatic heterocycles. The third-order valence-electron chi connectivity index (χ3n) is 1.61. The number of carbonyl (C=O) groups is 1. The SMILES string of the molecule is CCOC(=O)c1cc(NC)ncc1Br. The van der Waals surface area contributed by atoms with Gasteiger partial charge in [-0.05, 0) is 28.9 Å². The number of hydrogen-bond acceptors (Lipinski definition) is 4. The molecule has 76 valence electrons. The molecular weight excluding hydrogens is 248 g/mol. The van der Waals surface area contributed by atoms with Crippen LogP contribution in [0.1, 0.15) is 17.3 Å². The van der Waals surface area contributed by atoms with Crippen LogP contribution < -0.4 is 5.32 Å². The van der Waals surface area contributed by atoms with Gasteiger partial charge in [-0.15, -0.1) is 0 Å². The molecule has 0 fully saturated rings. The molecule has 0 unspecified atom stereocenters. The number of pyridine rings is 1. The fraction of sp³-hybridized carbons (Fsp3) is 0.333. The summed E-state index contributed by atoms with van der Waals surface area (Å²) in [5.74, 6) is 0.287. The maximum atomic E-state index is 11.4. The van der Waals surface area contributed by atoms with Crippen molar-refractivity contribution in [3.63, 3.8) is 0 Å². The van der Waals surface area contributed by atoms with Gasteiger partial charge in [0.1, 0.15) is 5.82 Å². The Hall–Kier alpha value is -1.10. The molecule has 0 aliphatic rings. The Morgan fingerprint density at radius 2 is 2.43 bits per heavy atom. The van der Waals surface area contributed by atoms with Crippen LogP contribution >= 0.6 is 15.9 Å². The molecule has 0 aliphatic carbocycles. The van der Waals surface area contributed by atoms with E-state index in [-0.39, 0.29) is 5.97 Å². The van der Waals surface area contributed by atoms with Gasteiger partial charge in [-0.25, -0.2) is 9.78 Å². The minimum absolute atomic E-state index is 0.349. The van der Waals surface area contributed by atoms with E-state index < -0.39 is 0 Å². The zero-order chi connectivity index (χ0) is 10.6. The van der Waals surface area contributed by atoms with Crippen LogP contribution in [-0.4, -0.2) is 24.6 Å². The Labute approximate surface area is 90.8 Å². The molecule has 1 rings (SSSR count). The molecule has 1 heterocycles. The van der Waals surface area contributed by atoms with Crippen molar-refractivity contribution in [1.29, 1.82) is 0 Å². The lowest BCUT2D eigenvalue weighted by atomic mass is 10.2. The van der Waals surface area contributed by atoms with Crippen molar-refractivity contribution in [2.75, 3.05) is 19.0 Å². The van der Waals surface area contributed by atoms with Crippen LogP contribution in [0.25, 0.3) is 0 Å². The monoisotopic (exact) mass is 258 g/mol. The molecule has 0 bridgehead atoms. The maximum Gasteiger partial charge on any atom is 0.339 e. The summed E-state index contributed by atoms with van der Waals surface area (Å²) in [6.45, 7) is 2.13. The summed E-state index contributed by atoms with van der Waals surface area (Å²) in [6.07, 6.45) is 1.57. The van der Waals surface area contributed by atoms with E-state index in [9.17, 15) is 4.79 Å². The summed E-state index contributed by atoms with van der Waals surface area (Å²) < 4.78 is 5.52. The van der Waals surface area contributed by atoms with E-state index in [0.29, 0.717) is 22.5 Å². The van der Waals surface area contributed by atoms with E-state index in [4.69, 9.17) is 4.74 Å². The Kier molecular flexibility index (Phi) is 3.88. The average molecular weight is 259 g/mol. The Morgan fingerprint density at radius 3 is 3.00 bits per heavy atom. The van der Waals surface area contributed by atoms with Gasteiger partial charge >= 0.3 is 5.97 Å². The molecule has 0 saturated heterocycles. The van der Waals surface area contributed by atoms with Crippen LogP contribution in [-0.2, 0) is 4.74 Å². The van der Waals surface area contributed by atoms with Gasteiger partial charge in [-0.3, -0.25) is 0 Å². The number of nitrogens with one attached hydrogen (secondary N) is 1. The fourth-order valence-electron chi connectivity index (χ4n) is 0.941. The topological polar surface area (TPSA) is 51.2 Å². The number of carbonyl (C=O) groups excluding carboxylic acids is 1. The molecule has 0 radical (unpaired) electrons. The van der Waals surface area contributed by atoms with E-state index in [0.717, 1.165) is 0 Å². The van der Waals surface area contributed by atoms with Crippen LogP contribution in [0.4, 0.5) is 5.82 Å². The quantitative estimate of drug-likeness (QED) is 0.844. The molecule has 0 aromatic carbocycles. The highest BCUT2D eigenvalue weighted by molar-refractivity contribution is 9.10. The van der Waals surface area contributed by atoms with Gasteiger partial charge in [-0.1, -0.05) is 0 Å². The zero-order valence-corrected chi connectivity index (χ0v) is 9.59. The van der Waals surface area contributed by atoms with Crippen LogP contribution in [0.2, 0.25) is 0 Å². The number of rotatable bonds is 3. The summed E-state index contributed by atoms with van der Waals surface area (Å²) in [4.78, 5) is 15.5. The largest absolute Gasteiger partial charge is 0.462 e. The first-order chi connectivity index (χ1) is 6.69. The molecule has 0 amide bonds. The van der Waals surface area contributed by atoms with Gasteiger partial charge in [-0.2, -0.15) is 0 Å². The fourth-order valence-corrected chi connectivity index (χ4v) is 1.32. The van der Waals surface area contributed by atoms with Gasteiger partial charge in [0.25, 0.3) is 0 Å². The number of nitrogens with zero attached hydrogens (tertiary/aromatic N) is 1. The first kappa shape index (κ1) is 11.0. The van der Waals surface area contributed by atoms with Gasteiger partial charge in [0.15, 0.2) is 0 Å². The van der Waals surface area contributed by atoms with Crippen molar-refractivity contribution < 1.29 is 9.53 Å². The van der Waals surface area contributed by atoms with E-state index in [2.05, 4.69) is 26.2 Å². The second-order valence-corrected chi connectivity index (χ2v) is 3.37. The van der Waals surface area contributed by atoms with Crippen LogP contribution in [0.15, 0.2) is 16.7 Å². The van der Waals surface area contributed by atoms with Crippen LogP contribution in [0.5, 0.6) is 0 Å². The number of aromatic nitrogens is 1. The van der Waals surface area contributed by atoms with Crippen LogP contribution in [0, 0.1) is 0 Å². The molecule has 0 saturated carbocycles. The average Bonchev–Trinajstić information content (AvgIpc) is 2.19. The number of hydrogen-bond donors (Lipinski definition) is 1. The first-order valence-corrected chi connectivity index (χ1v) is 4.98. The van der Waals surface area contributed by atoms with Gasteiger partial charge in [0, 0.05) is 13.2 Å². The van der Waals surface area contributed by atoms with Gasteiger partial charge in [0.05, 0.1) is 16.6 Å². The lowest BCUT2D eigenvalue weighted by Crippen LogP contribution is -2.07. The molecule has 14 heavy (non-hydrogen) atoms. The number of ether oxygens (including phenoxy) is 1. The van der Waals surface area contributed by atoms with Crippen LogP contribution in [0.3, 0.4) is 0 Å². The molecule has 0 spiro atoms. The van der Waals surface area contributed by atoms with Crippen molar-refractivity contribution >= 4 is 27.7 Å². The summed E-state index contributed by atoms with van der Waals surface area (Å²) in [5, 5.41) is 2.85. The molecule has 1 aromatic rings. The lowest BCUT2D eigenvalue weighted by molar-refractivity contribution is 0.0525. The Balaban J connectivity index is 2.99. The van der Waals surface area contributed by atoms with Crippen molar-refractivity contribution in [3.05, 3.63) is 22.3 Å². The van der Waals surface area contributed by atoms with E-state index in [1.54, 1.807) is 26.2 Å². The van der Waals surface area contributed by atoms with Gasteiger partial charge in [0.2, 0.25) is 0 Å². The second kappa shape index (κ2) is 4.95. The summed E-state index contributed by atoms with van der Waals surface area (Å²) in [5.41, 5.74) is 0.478. The molecule has 1 aromatic heterocycles. The summed E-state index contributed by atoms with van der Waals surface area (Å²) in [7, 11) is 1.74. The maximum absolute atomic E-state index is 11.4. The van der Waals surface area contributed by atoms with Crippen molar-refractivity contribution in [2.24, 2.45) is 0 Å². The van der Waals surface area contributed by atoms with E-state index in [1.165, 1.54) is 0 Å². The zero-order valence-electron chi connectivity index (χ0n) is 8.00. The third-order valence-corrected chi connectivity index (χ3v) is 2.24. The smallest absolute Gasteiger partial charge is 0.339 e. The standard InChI is InChI=1S/C9H11BrN2O2/c1-3-14-9(13)6-4-8(11-2)12-5-7(6)10/h4-5H,3H2,1-2H3,(H,11,12). The lowest BCUT2D eigenvalue weighted by Gasteiger charge is -2.05. The Bertz CT molecular complexity index is 342. The molecule has 5 heteroatoms. The predicted molar refractivity (Wildman–Crippen MR) is 57.4 cm³/mol. The first-order valence-electron chi connectivity index (χ1n) is 4.19. The minimum atomic E-state index is -0.349. The second-order valence-electron chi connectivity index (χ2n) is 2.52. The highest BCUT2D eigenvalue weighted by Crippen LogP contribution is 2.19. The number of anilines is 1. The third kappa shape index (κ3) is 2.45. The molecule has 4 nitrogen and oxygen atoms in total. The number of esters is 1.